The van der Waals surface area contributed by atoms with E-state index in [0.717, 1.165) is 0 Å². The predicted molar refractivity (Wildman–Crippen MR) is 52.6 cm³/mol. The molecule has 0 aliphatic carbocycles. The molecule has 0 amide bonds. The third kappa shape index (κ3) is 1.72. The van der Waals surface area contributed by atoms with Gasteiger partial charge in [0.1, 0.15) is 5.75 Å². The van der Waals surface area contributed by atoms with E-state index < -0.39 is 5.82 Å². The number of benzene rings is 1. The van der Waals surface area contributed by atoms with E-state index in [1.54, 1.807) is 0 Å². The first-order valence-electron chi connectivity index (χ1n) is 3.70. The summed E-state index contributed by atoms with van der Waals surface area (Å²) in [5, 5.41) is 0. The van der Waals surface area contributed by atoms with E-state index in [9.17, 15) is 9.18 Å². The van der Waals surface area contributed by atoms with Crippen LogP contribution in [0, 0.1) is 5.82 Å². The summed E-state index contributed by atoms with van der Waals surface area (Å²) in [5.41, 5.74) is 0.130. The van der Waals surface area contributed by atoms with Gasteiger partial charge in [-0.15, -0.1) is 0 Å². The summed E-state index contributed by atoms with van der Waals surface area (Å²) in [6.45, 7) is 0. The standard InChI is InChI=1S/C9H8BrFO3/c1-13-6-3-7(14-2)9(11)8(10)5(6)4-12/h3-4H,1-2H3. The lowest BCUT2D eigenvalue weighted by atomic mass is 10.2. The molecular weight excluding hydrogens is 255 g/mol. The monoisotopic (exact) mass is 262 g/mol. The molecule has 0 saturated carbocycles. The lowest BCUT2D eigenvalue weighted by Gasteiger charge is -2.09. The molecule has 1 aromatic carbocycles. The van der Waals surface area contributed by atoms with Crippen molar-refractivity contribution >= 4 is 22.2 Å². The first-order chi connectivity index (χ1) is 6.65. The molecule has 0 fully saturated rings. The van der Waals surface area contributed by atoms with Crippen molar-refractivity contribution in [3.63, 3.8) is 0 Å². The first kappa shape index (κ1) is 11.0. The average molecular weight is 263 g/mol. The fourth-order valence-corrected chi connectivity index (χ4v) is 1.51. The van der Waals surface area contributed by atoms with E-state index in [2.05, 4.69) is 15.9 Å². The van der Waals surface area contributed by atoms with Gasteiger partial charge in [-0.3, -0.25) is 4.79 Å². The van der Waals surface area contributed by atoms with Crippen LogP contribution in [0.4, 0.5) is 4.39 Å². The van der Waals surface area contributed by atoms with Crippen molar-refractivity contribution in [1.82, 2.24) is 0 Å². The van der Waals surface area contributed by atoms with Gasteiger partial charge in [0.25, 0.3) is 0 Å². The van der Waals surface area contributed by atoms with Crippen molar-refractivity contribution in [3.05, 3.63) is 21.9 Å². The third-order valence-corrected chi connectivity index (χ3v) is 2.51. The lowest BCUT2D eigenvalue weighted by molar-refractivity contribution is 0.111. The van der Waals surface area contributed by atoms with Crippen LogP contribution in [-0.4, -0.2) is 20.5 Å². The second kappa shape index (κ2) is 4.41. The molecule has 0 unspecified atom stereocenters. The van der Waals surface area contributed by atoms with Crippen molar-refractivity contribution < 1.29 is 18.7 Å². The van der Waals surface area contributed by atoms with Crippen LogP contribution in [0.5, 0.6) is 11.5 Å². The summed E-state index contributed by atoms with van der Waals surface area (Å²) in [6.07, 6.45) is 0.519. The summed E-state index contributed by atoms with van der Waals surface area (Å²) in [4.78, 5) is 10.6. The van der Waals surface area contributed by atoms with Gasteiger partial charge in [-0.25, -0.2) is 4.39 Å². The minimum atomic E-state index is -0.615. The Kier molecular flexibility index (Phi) is 3.46. The highest BCUT2D eigenvalue weighted by Gasteiger charge is 2.16. The smallest absolute Gasteiger partial charge is 0.180 e. The average Bonchev–Trinajstić information content (AvgIpc) is 2.21. The highest BCUT2D eigenvalue weighted by molar-refractivity contribution is 9.10. The second-order valence-electron chi connectivity index (χ2n) is 2.44. The Morgan fingerprint density at radius 3 is 2.36 bits per heavy atom. The van der Waals surface area contributed by atoms with Crippen molar-refractivity contribution in [2.45, 2.75) is 0 Å². The molecule has 0 heterocycles. The van der Waals surface area contributed by atoms with Gasteiger partial charge in [0, 0.05) is 6.07 Å². The molecule has 0 bridgehead atoms. The molecule has 76 valence electrons. The molecule has 1 aromatic rings. The molecule has 0 N–H and O–H groups in total. The molecule has 1 rings (SSSR count). The Labute approximate surface area is 88.9 Å². The fourth-order valence-electron chi connectivity index (χ4n) is 1.02. The maximum atomic E-state index is 13.4. The van der Waals surface area contributed by atoms with Crippen LogP contribution in [0.25, 0.3) is 0 Å². The van der Waals surface area contributed by atoms with E-state index in [4.69, 9.17) is 9.47 Å². The maximum Gasteiger partial charge on any atom is 0.180 e. The number of hydrogen-bond acceptors (Lipinski definition) is 3. The van der Waals surface area contributed by atoms with Gasteiger partial charge in [0.15, 0.2) is 17.9 Å². The molecule has 0 atom stereocenters. The van der Waals surface area contributed by atoms with Crippen LogP contribution < -0.4 is 9.47 Å². The molecule has 14 heavy (non-hydrogen) atoms. The number of halogens is 2. The quantitative estimate of drug-likeness (QED) is 0.785. The van der Waals surface area contributed by atoms with Crippen molar-refractivity contribution in [3.8, 4) is 11.5 Å². The van der Waals surface area contributed by atoms with E-state index in [1.165, 1.54) is 20.3 Å². The predicted octanol–water partition coefficient (Wildman–Crippen LogP) is 2.42. The van der Waals surface area contributed by atoms with Crippen LogP contribution in [-0.2, 0) is 0 Å². The minimum Gasteiger partial charge on any atom is -0.496 e. The highest BCUT2D eigenvalue weighted by atomic mass is 79.9. The highest BCUT2D eigenvalue weighted by Crippen LogP contribution is 2.34. The molecule has 5 heteroatoms. The number of carbonyl (C=O) groups is 1. The Bertz CT molecular complexity index is 366. The molecule has 3 nitrogen and oxygen atoms in total. The number of methoxy groups -OCH3 is 2. The molecule has 0 aliphatic rings. The molecule has 0 aromatic heterocycles. The van der Waals surface area contributed by atoms with Gasteiger partial charge in [0.05, 0.1) is 24.3 Å². The van der Waals surface area contributed by atoms with E-state index in [-0.39, 0.29) is 21.5 Å². The Morgan fingerprint density at radius 1 is 1.36 bits per heavy atom. The largest absolute Gasteiger partial charge is 0.496 e. The van der Waals surface area contributed by atoms with Gasteiger partial charge >= 0.3 is 0 Å². The third-order valence-electron chi connectivity index (χ3n) is 1.73. The van der Waals surface area contributed by atoms with Crippen LogP contribution in [0.3, 0.4) is 0 Å². The normalized spacial score (nSPS) is 9.71. The molecular formula is C9H8BrFO3. The van der Waals surface area contributed by atoms with E-state index in [1.807, 2.05) is 0 Å². The summed E-state index contributed by atoms with van der Waals surface area (Å²) >= 11 is 2.96. The van der Waals surface area contributed by atoms with Crippen molar-refractivity contribution in [1.29, 1.82) is 0 Å². The lowest BCUT2D eigenvalue weighted by Crippen LogP contribution is -1.97. The van der Waals surface area contributed by atoms with Gasteiger partial charge in [-0.1, -0.05) is 0 Å². The van der Waals surface area contributed by atoms with Gasteiger partial charge in [-0.2, -0.15) is 0 Å². The Hall–Kier alpha value is -1.10. The number of ether oxygens (including phenoxy) is 2. The van der Waals surface area contributed by atoms with Crippen molar-refractivity contribution in [2.24, 2.45) is 0 Å². The molecule has 0 aliphatic heterocycles. The molecule has 0 radical (unpaired) electrons. The van der Waals surface area contributed by atoms with E-state index in [0.29, 0.717) is 6.29 Å². The van der Waals surface area contributed by atoms with Gasteiger partial charge in [0.2, 0.25) is 0 Å². The summed E-state index contributed by atoms with van der Waals surface area (Å²) in [7, 11) is 2.73. The van der Waals surface area contributed by atoms with Crippen molar-refractivity contribution in [2.75, 3.05) is 14.2 Å². The fraction of sp³-hybridized carbons (Fsp3) is 0.222. The number of rotatable bonds is 3. The zero-order valence-corrected chi connectivity index (χ0v) is 9.22. The van der Waals surface area contributed by atoms with Crippen LogP contribution in [0.2, 0.25) is 0 Å². The summed E-state index contributed by atoms with van der Waals surface area (Å²) in [5.74, 6) is -0.320. The second-order valence-corrected chi connectivity index (χ2v) is 3.23. The SMILES string of the molecule is COc1cc(OC)c(C=O)c(Br)c1F. The number of carbonyl (C=O) groups excluding carboxylic acids is 1. The Balaban J connectivity index is 3.45. The summed E-state index contributed by atoms with van der Waals surface area (Å²) in [6, 6.07) is 1.32. The molecule has 0 saturated heterocycles. The van der Waals surface area contributed by atoms with Gasteiger partial charge < -0.3 is 9.47 Å². The Morgan fingerprint density at radius 2 is 1.93 bits per heavy atom. The topological polar surface area (TPSA) is 35.5 Å². The zero-order valence-electron chi connectivity index (χ0n) is 7.64. The van der Waals surface area contributed by atoms with Crippen LogP contribution >= 0.6 is 15.9 Å². The van der Waals surface area contributed by atoms with Crippen LogP contribution in [0.1, 0.15) is 10.4 Å². The zero-order chi connectivity index (χ0) is 10.7. The number of aldehydes is 1. The van der Waals surface area contributed by atoms with Gasteiger partial charge in [-0.05, 0) is 15.9 Å². The minimum absolute atomic E-state index is 0.0272. The van der Waals surface area contributed by atoms with Crippen LogP contribution in [0.15, 0.2) is 10.5 Å². The number of hydrogen-bond donors (Lipinski definition) is 0. The first-order valence-corrected chi connectivity index (χ1v) is 4.50. The van der Waals surface area contributed by atoms with E-state index >= 15 is 0 Å². The maximum absolute atomic E-state index is 13.4. The molecule has 0 spiro atoms. The summed E-state index contributed by atoms with van der Waals surface area (Å²) < 4.78 is 23.1.